The summed E-state index contributed by atoms with van der Waals surface area (Å²) in [5, 5.41) is 11.0. The van der Waals surface area contributed by atoms with E-state index in [0.717, 1.165) is 109 Å². The summed E-state index contributed by atoms with van der Waals surface area (Å²) >= 11 is 6.00. The molecule has 0 bridgehead atoms. The molecule has 4 nitrogen and oxygen atoms in total. The van der Waals surface area contributed by atoms with Crippen molar-refractivity contribution in [1.29, 1.82) is 0 Å². The van der Waals surface area contributed by atoms with E-state index in [-0.39, 0.29) is 23.6 Å². The van der Waals surface area contributed by atoms with Gasteiger partial charge in [-0.3, -0.25) is 14.5 Å². The first-order chi connectivity index (χ1) is 20.3. The largest absolute Gasteiger partial charge is 0.306 e. The van der Waals surface area contributed by atoms with Crippen LogP contribution in [0.15, 0.2) is 53.3 Å². The minimum atomic E-state index is -0.00460. The SMILES string of the molecule is C=c1c2ccc3c4ccc5c6c(ccc(c7ccc(c(=O)n1[C@@H](C)CCCC)c2c37)c64)C(=O)N([C@@H](C)CCCC)C5=S. The fraction of sp³-hybridized carbons (Fsp3) is 0.324. The van der Waals surface area contributed by atoms with Crippen molar-refractivity contribution in [3.8, 4) is 0 Å². The van der Waals surface area contributed by atoms with Crippen molar-refractivity contribution in [3.05, 3.63) is 75.4 Å². The molecular weight excluding hydrogens is 536 g/mol. The highest BCUT2D eigenvalue weighted by atomic mass is 32.1. The fourth-order valence-corrected chi connectivity index (χ4v) is 7.95. The normalized spacial score (nSPS) is 15.3. The van der Waals surface area contributed by atoms with Crippen LogP contribution < -0.4 is 10.9 Å². The van der Waals surface area contributed by atoms with Crippen LogP contribution in [0.5, 0.6) is 0 Å². The number of thiocarbonyl (C=S) groups is 1. The predicted octanol–water partition coefficient (Wildman–Crippen LogP) is 8.64. The number of hydrogen-bond acceptors (Lipinski definition) is 3. The second-order valence-corrected chi connectivity index (χ2v) is 12.6. The second kappa shape index (κ2) is 9.88. The number of unbranched alkanes of at least 4 members (excludes halogenated alkanes) is 2. The number of rotatable bonds is 8. The number of carbonyl (C=O) groups excluding carboxylic acids is 1. The van der Waals surface area contributed by atoms with Gasteiger partial charge in [0.25, 0.3) is 11.5 Å². The van der Waals surface area contributed by atoms with Crippen LogP contribution in [0.4, 0.5) is 0 Å². The van der Waals surface area contributed by atoms with Crippen LogP contribution >= 0.6 is 12.2 Å². The van der Waals surface area contributed by atoms with Crippen LogP contribution in [0, 0.1) is 0 Å². The number of hydrogen-bond donors (Lipinski definition) is 0. The van der Waals surface area contributed by atoms with Gasteiger partial charge in [0.15, 0.2) is 0 Å². The van der Waals surface area contributed by atoms with E-state index in [0.29, 0.717) is 4.99 Å². The third kappa shape index (κ3) is 3.56. The van der Waals surface area contributed by atoms with Gasteiger partial charge in [-0.1, -0.05) is 94.7 Å². The molecule has 2 heterocycles. The van der Waals surface area contributed by atoms with Crippen molar-refractivity contribution >= 4 is 83.6 Å². The van der Waals surface area contributed by atoms with Crippen LogP contribution in [0.3, 0.4) is 0 Å². The summed E-state index contributed by atoms with van der Waals surface area (Å²) < 4.78 is 1.90. The van der Waals surface area contributed by atoms with E-state index in [2.05, 4.69) is 70.7 Å². The van der Waals surface area contributed by atoms with Gasteiger partial charge in [-0.15, -0.1) is 0 Å². The standard InChI is InChI=1S/C37H36N2O2S/c1-6-8-10-20(3)38-22(5)23-12-13-24-27-16-19-30-34-29(36(41)39(37(30)42)21(4)11-9-7-2)18-15-26(33(27)34)25-14-17-28(35(38)40)31(23)32(24)25/h12-21H,5-11H2,1-4H3/t20-,21-/m0/s1. The summed E-state index contributed by atoms with van der Waals surface area (Å²) in [4.78, 5) is 30.3. The molecule has 0 saturated carbocycles. The Labute approximate surface area is 250 Å². The highest BCUT2D eigenvalue weighted by molar-refractivity contribution is 7.80. The van der Waals surface area contributed by atoms with Crippen molar-refractivity contribution in [2.24, 2.45) is 0 Å². The number of carbonyl (C=O) groups is 1. The lowest BCUT2D eigenvalue weighted by molar-refractivity contribution is 0.0807. The van der Waals surface area contributed by atoms with Gasteiger partial charge in [0.2, 0.25) is 0 Å². The minimum Gasteiger partial charge on any atom is -0.306 e. The highest BCUT2D eigenvalue weighted by Gasteiger charge is 2.34. The third-order valence-electron chi connectivity index (χ3n) is 9.68. The molecule has 212 valence electrons. The number of amides is 1. The molecule has 0 N–H and O–H groups in total. The lowest BCUT2D eigenvalue weighted by atomic mass is 9.83. The molecule has 1 aliphatic rings. The Morgan fingerprint density at radius 3 is 1.76 bits per heavy atom. The Kier molecular flexibility index (Phi) is 6.36. The minimum absolute atomic E-state index is 0.00460. The quantitative estimate of drug-likeness (QED) is 0.104. The van der Waals surface area contributed by atoms with E-state index in [1.54, 1.807) is 0 Å². The molecule has 5 heteroatoms. The molecule has 6 aromatic rings. The maximum Gasteiger partial charge on any atom is 0.259 e. The summed E-state index contributed by atoms with van der Waals surface area (Å²) in [5.41, 5.74) is 1.71. The van der Waals surface area contributed by atoms with Crippen LogP contribution in [0.25, 0.3) is 60.4 Å². The first kappa shape index (κ1) is 27.0. The number of pyridine rings is 1. The van der Waals surface area contributed by atoms with E-state index in [1.807, 2.05) is 21.6 Å². The Morgan fingerprint density at radius 1 is 0.667 bits per heavy atom. The van der Waals surface area contributed by atoms with E-state index >= 15 is 0 Å². The Morgan fingerprint density at radius 2 is 1.14 bits per heavy atom. The average Bonchev–Trinajstić information content (AvgIpc) is 2.99. The van der Waals surface area contributed by atoms with Crippen molar-refractivity contribution in [1.82, 2.24) is 9.47 Å². The first-order valence-electron chi connectivity index (χ1n) is 15.4. The van der Waals surface area contributed by atoms with Gasteiger partial charge < -0.3 is 4.57 Å². The van der Waals surface area contributed by atoms with Crippen LogP contribution in [-0.2, 0) is 0 Å². The third-order valence-corrected chi connectivity index (χ3v) is 10.1. The average molecular weight is 573 g/mol. The lowest BCUT2D eigenvalue weighted by Gasteiger charge is -2.35. The maximum absolute atomic E-state index is 14.0. The van der Waals surface area contributed by atoms with Crippen LogP contribution in [-0.4, -0.2) is 26.4 Å². The van der Waals surface area contributed by atoms with Crippen molar-refractivity contribution in [2.45, 2.75) is 78.3 Å². The topological polar surface area (TPSA) is 42.3 Å². The van der Waals surface area contributed by atoms with Gasteiger partial charge in [0.1, 0.15) is 4.99 Å². The number of fused-ring (bicyclic) bond motifs is 2. The smallest absolute Gasteiger partial charge is 0.259 e. The summed E-state index contributed by atoms with van der Waals surface area (Å²) in [6, 6.07) is 16.9. The molecule has 42 heavy (non-hydrogen) atoms. The monoisotopic (exact) mass is 572 g/mol. The van der Waals surface area contributed by atoms with Crippen LogP contribution in [0.2, 0.25) is 0 Å². The predicted molar refractivity (Wildman–Crippen MR) is 181 cm³/mol. The molecule has 0 radical (unpaired) electrons. The highest BCUT2D eigenvalue weighted by Crippen LogP contribution is 2.45. The zero-order valence-corrected chi connectivity index (χ0v) is 25.7. The molecule has 2 atom stereocenters. The maximum atomic E-state index is 14.0. The van der Waals surface area contributed by atoms with E-state index < -0.39 is 0 Å². The van der Waals surface area contributed by atoms with Crippen molar-refractivity contribution in [2.75, 3.05) is 0 Å². The zero-order valence-electron chi connectivity index (χ0n) is 24.8. The molecular formula is C37H36N2O2S. The van der Waals surface area contributed by atoms with E-state index in [4.69, 9.17) is 12.2 Å². The molecule has 0 fully saturated rings. The Hall–Kier alpha value is -3.83. The van der Waals surface area contributed by atoms with Gasteiger partial charge >= 0.3 is 0 Å². The molecule has 1 amide bonds. The van der Waals surface area contributed by atoms with Crippen LogP contribution in [0.1, 0.15) is 88.2 Å². The molecule has 0 aliphatic carbocycles. The lowest BCUT2D eigenvalue weighted by Crippen LogP contribution is -2.45. The van der Waals surface area contributed by atoms with Gasteiger partial charge in [-0.05, 0) is 71.1 Å². The molecule has 1 aromatic heterocycles. The molecule has 0 saturated heterocycles. The van der Waals surface area contributed by atoms with Crippen molar-refractivity contribution in [3.63, 3.8) is 0 Å². The van der Waals surface area contributed by atoms with Gasteiger partial charge in [-0.25, -0.2) is 0 Å². The van der Waals surface area contributed by atoms with E-state index in [9.17, 15) is 9.59 Å². The van der Waals surface area contributed by atoms with Gasteiger partial charge in [0.05, 0.1) is 0 Å². The molecule has 0 spiro atoms. The van der Waals surface area contributed by atoms with Crippen molar-refractivity contribution < 1.29 is 4.79 Å². The summed E-state index contributed by atoms with van der Waals surface area (Å²) in [6.45, 7) is 13.0. The number of benzene rings is 5. The fourth-order valence-electron chi connectivity index (χ4n) is 7.52. The Bertz CT molecular complexity index is 2060. The Balaban J connectivity index is 1.54. The number of aromatic nitrogens is 1. The first-order valence-corrected chi connectivity index (χ1v) is 15.8. The summed E-state index contributed by atoms with van der Waals surface area (Å²) in [5.74, 6) is -0.00460. The molecule has 7 rings (SSSR count). The summed E-state index contributed by atoms with van der Waals surface area (Å²) in [7, 11) is 0. The second-order valence-electron chi connectivity index (χ2n) is 12.2. The zero-order chi connectivity index (χ0) is 29.4. The van der Waals surface area contributed by atoms with Gasteiger partial charge in [0, 0.05) is 50.1 Å². The van der Waals surface area contributed by atoms with Gasteiger partial charge in [-0.2, -0.15) is 0 Å². The molecule has 0 unspecified atom stereocenters. The van der Waals surface area contributed by atoms with E-state index in [1.165, 1.54) is 0 Å². The number of nitrogens with zero attached hydrogens (tertiary/aromatic N) is 2. The molecule has 1 aliphatic heterocycles. The summed E-state index contributed by atoms with van der Waals surface area (Å²) in [6.07, 6.45) is 6.19. The molecule has 5 aromatic carbocycles.